The molecular formula is C20H24ClFN4O3. The fourth-order valence-corrected chi connectivity index (χ4v) is 4.23. The van der Waals surface area contributed by atoms with Gasteiger partial charge in [0.2, 0.25) is 5.91 Å². The van der Waals surface area contributed by atoms with Crippen LogP contribution in [0, 0.1) is 11.7 Å². The van der Waals surface area contributed by atoms with Crippen LogP contribution in [0.15, 0.2) is 23.0 Å². The van der Waals surface area contributed by atoms with Crippen LogP contribution in [0.5, 0.6) is 0 Å². The number of amides is 1. The Kier molecular flexibility index (Phi) is 6.01. The van der Waals surface area contributed by atoms with Crippen molar-refractivity contribution >= 4 is 17.5 Å². The minimum atomic E-state index is -0.485. The molecule has 1 aromatic carbocycles. The monoisotopic (exact) mass is 422 g/mol. The highest BCUT2D eigenvalue weighted by Crippen LogP contribution is 2.26. The molecule has 9 heteroatoms. The van der Waals surface area contributed by atoms with Crippen LogP contribution in [-0.2, 0) is 22.6 Å². The number of carbonyl (C=O) groups is 1. The average Bonchev–Trinajstić information content (AvgIpc) is 3.05. The predicted molar refractivity (Wildman–Crippen MR) is 106 cm³/mol. The lowest BCUT2D eigenvalue weighted by Crippen LogP contribution is -2.38. The van der Waals surface area contributed by atoms with Gasteiger partial charge in [0.25, 0.3) is 0 Å². The van der Waals surface area contributed by atoms with Gasteiger partial charge < -0.3 is 10.1 Å². The summed E-state index contributed by atoms with van der Waals surface area (Å²) in [7, 11) is 0. The smallest absolute Gasteiger partial charge is 0.346 e. The maximum atomic E-state index is 14.1. The van der Waals surface area contributed by atoms with Crippen molar-refractivity contribution in [2.24, 2.45) is 5.92 Å². The van der Waals surface area contributed by atoms with Crippen LogP contribution in [0.3, 0.4) is 0 Å². The number of nitrogens with zero attached hydrogens (tertiary/aromatic N) is 3. The summed E-state index contributed by atoms with van der Waals surface area (Å²) in [5.41, 5.74) is -0.131. The Morgan fingerprint density at radius 1 is 1.31 bits per heavy atom. The number of fused-ring (bicyclic) bond motifs is 1. The van der Waals surface area contributed by atoms with Gasteiger partial charge in [0, 0.05) is 36.9 Å². The topological polar surface area (TPSA) is 78.2 Å². The third kappa shape index (κ3) is 4.23. The molecule has 0 bridgehead atoms. The third-order valence-corrected chi connectivity index (χ3v) is 6.08. The predicted octanol–water partition coefficient (Wildman–Crippen LogP) is 2.31. The standard InChI is InChI=1S/C20H24ClFN4O3/c21-16-4-1-5-17(22)15(16)12-26-20(28)25-8-2-3-14(18(25)24-26)19(27)23-11-13-6-9-29-10-7-13/h1,4-5,13-14H,2-3,6-12H2,(H,23,27). The molecule has 1 atom stereocenters. The molecule has 3 heterocycles. The molecule has 0 spiro atoms. The molecular weight excluding hydrogens is 399 g/mol. The molecule has 1 saturated heterocycles. The molecule has 4 rings (SSSR count). The van der Waals surface area contributed by atoms with E-state index in [-0.39, 0.29) is 28.7 Å². The van der Waals surface area contributed by atoms with Crippen molar-refractivity contribution in [3.8, 4) is 0 Å². The van der Waals surface area contributed by atoms with Crippen LogP contribution >= 0.6 is 11.6 Å². The second kappa shape index (κ2) is 8.67. The van der Waals surface area contributed by atoms with Crippen molar-refractivity contribution in [3.05, 3.63) is 50.9 Å². The van der Waals surface area contributed by atoms with Gasteiger partial charge in [-0.25, -0.2) is 13.9 Å². The van der Waals surface area contributed by atoms with Crippen molar-refractivity contribution in [2.75, 3.05) is 19.8 Å². The lowest BCUT2D eigenvalue weighted by atomic mass is 9.96. The van der Waals surface area contributed by atoms with Gasteiger partial charge in [-0.05, 0) is 43.7 Å². The molecule has 1 amide bonds. The van der Waals surface area contributed by atoms with Gasteiger partial charge in [0.05, 0.1) is 12.5 Å². The number of hydrogen-bond donors (Lipinski definition) is 1. The van der Waals surface area contributed by atoms with E-state index >= 15 is 0 Å². The Hall–Kier alpha value is -2.19. The molecule has 1 unspecified atom stereocenters. The van der Waals surface area contributed by atoms with Crippen LogP contribution in [0.1, 0.15) is 43.0 Å². The first-order chi connectivity index (χ1) is 14.0. The number of rotatable bonds is 5. The summed E-state index contributed by atoms with van der Waals surface area (Å²) in [6, 6.07) is 4.39. The highest BCUT2D eigenvalue weighted by atomic mass is 35.5. The summed E-state index contributed by atoms with van der Waals surface area (Å²) in [5.74, 6) is -0.217. The Morgan fingerprint density at radius 3 is 2.86 bits per heavy atom. The highest BCUT2D eigenvalue weighted by molar-refractivity contribution is 6.31. The van der Waals surface area contributed by atoms with Crippen LogP contribution < -0.4 is 11.0 Å². The zero-order valence-electron chi connectivity index (χ0n) is 16.1. The summed E-state index contributed by atoms with van der Waals surface area (Å²) >= 11 is 6.09. The number of halogens is 2. The number of ether oxygens (including phenoxy) is 1. The second-order valence-electron chi connectivity index (χ2n) is 7.65. The minimum Gasteiger partial charge on any atom is -0.381 e. The van der Waals surface area contributed by atoms with Crippen LogP contribution in [-0.4, -0.2) is 40.0 Å². The minimum absolute atomic E-state index is 0.0687. The van der Waals surface area contributed by atoms with E-state index in [0.717, 1.165) is 26.1 Å². The summed E-state index contributed by atoms with van der Waals surface area (Å²) in [6.07, 6.45) is 3.23. The van der Waals surface area contributed by atoms with Gasteiger partial charge in [-0.1, -0.05) is 17.7 Å². The van der Waals surface area contributed by atoms with E-state index in [9.17, 15) is 14.0 Å². The van der Waals surface area contributed by atoms with Gasteiger partial charge >= 0.3 is 5.69 Å². The molecule has 2 aliphatic rings. The molecule has 0 radical (unpaired) electrons. The summed E-state index contributed by atoms with van der Waals surface area (Å²) in [5, 5.41) is 7.65. The Bertz CT molecular complexity index is 931. The quantitative estimate of drug-likeness (QED) is 0.802. The van der Waals surface area contributed by atoms with Gasteiger partial charge in [-0.2, -0.15) is 5.10 Å². The molecule has 1 N–H and O–H groups in total. The molecule has 156 valence electrons. The number of nitrogens with one attached hydrogen (secondary N) is 1. The summed E-state index contributed by atoms with van der Waals surface area (Å²) < 4.78 is 22.2. The third-order valence-electron chi connectivity index (χ3n) is 5.73. The van der Waals surface area contributed by atoms with E-state index in [1.165, 1.54) is 21.4 Å². The molecule has 1 fully saturated rings. The average molecular weight is 423 g/mol. The zero-order valence-corrected chi connectivity index (χ0v) is 16.8. The van der Waals surface area contributed by atoms with E-state index < -0.39 is 11.7 Å². The Balaban J connectivity index is 1.52. The maximum Gasteiger partial charge on any atom is 0.346 e. The second-order valence-corrected chi connectivity index (χ2v) is 8.05. The number of carbonyl (C=O) groups excluding carboxylic acids is 1. The summed E-state index contributed by atoms with van der Waals surface area (Å²) in [6.45, 7) is 2.50. The number of aromatic nitrogens is 3. The SMILES string of the molecule is O=C(NCC1CCOCC1)C1CCCn2c1nn(Cc1c(F)cccc1Cl)c2=O. The van der Waals surface area contributed by atoms with E-state index in [1.807, 2.05) is 0 Å². The molecule has 0 aliphatic carbocycles. The maximum absolute atomic E-state index is 14.1. The van der Waals surface area contributed by atoms with Crippen LogP contribution in [0.2, 0.25) is 5.02 Å². The van der Waals surface area contributed by atoms with Gasteiger partial charge in [-0.15, -0.1) is 0 Å². The fraction of sp³-hybridized carbons (Fsp3) is 0.550. The van der Waals surface area contributed by atoms with Crippen LogP contribution in [0.4, 0.5) is 4.39 Å². The van der Waals surface area contributed by atoms with E-state index in [2.05, 4.69) is 10.4 Å². The first-order valence-corrected chi connectivity index (χ1v) is 10.4. The Morgan fingerprint density at radius 2 is 2.10 bits per heavy atom. The highest BCUT2D eigenvalue weighted by Gasteiger charge is 2.32. The van der Waals surface area contributed by atoms with Crippen LogP contribution in [0.25, 0.3) is 0 Å². The van der Waals surface area contributed by atoms with Crippen molar-refractivity contribution in [1.82, 2.24) is 19.7 Å². The lowest BCUT2D eigenvalue weighted by Gasteiger charge is -2.25. The van der Waals surface area contributed by atoms with Crippen molar-refractivity contribution in [3.63, 3.8) is 0 Å². The lowest BCUT2D eigenvalue weighted by molar-refractivity contribution is -0.123. The van der Waals surface area contributed by atoms with Crippen molar-refractivity contribution in [1.29, 1.82) is 0 Å². The van der Waals surface area contributed by atoms with Crippen molar-refractivity contribution < 1.29 is 13.9 Å². The molecule has 7 nitrogen and oxygen atoms in total. The zero-order chi connectivity index (χ0) is 20.4. The molecule has 29 heavy (non-hydrogen) atoms. The first-order valence-electron chi connectivity index (χ1n) is 10.0. The van der Waals surface area contributed by atoms with E-state index in [4.69, 9.17) is 16.3 Å². The van der Waals surface area contributed by atoms with Crippen molar-refractivity contribution in [2.45, 2.75) is 44.7 Å². The van der Waals surface area contributed by atoms with Gasteiger partial charge in [-0.3, -0.25) is 9.36 Å². The molecule has 2 aliphatic heterocycles. The summed E-state index contributed by atoms with van der Waals surface area (Å²) in [4.78, 5) is 25.6. The molecule has 2 aromatic rings. The van der Waals surface area contributed by atoms with Gasteiger partial charge in [0.1, 0.15) is 11.6 Å². The molecule has 0 saturated carbocycles. The fourth-order valence-electron chi connectivity index (χ4n) is 4.01. The van der Waals surface area contributed by atoms with E-state index in [0.29, 0.717) is 37.7 Å². The first kappa shape index (κ1) is 20.1. The normalized spacial score (nSPS) is 19.7. The number of benzene rings is 1. The largest absolute Gasteiger partial charge is 0.381 e. The Labute approximate surface area is 172 Å². The number of hydrogen-bond acceptors (Lipinski definition) is 4. The van der Waals surface area contributed by atoms with Gasteiger partial charge in [0.15, 0.2) is 0 Å². The van der Waals surface area contributed by atoms with E-state index in [1.54, 1.807) is 6.07 Å². The molecule has 1 aromatic heterocycles.